The summed E-state index contributed by atoms with van der Waals surface area (Å²) >= 11 is 0. The lowest BCUT2D eigenvalue weighted by Gasteiger charge is -2.31. The van der Waals surface area contributed by atoms with Gasteiger partial charge in [0.15, 0.2) is 0 Å². The largest absolute Gasteiger partial charge is 0.345 e. The van der Waals surface area contributed by atoms with Gasteiger partial charge < -0.3 is 10.2 Å². The number of benzene rings is 2. The van der Waals surface area contributed by atoms with E-state index in [1.165, 1.54) is 10.4 Å². The van der Waals surface area contributed by atoms with Crippen molar-refractivity contribution in [2.24, 2.45) is 0 Å². The average Bonchev–Trinajstić information content (AvgIpc) is 2.73. The van der Waals surface area contributed by atoms with E-state index in [1.54, 1.807) is 18.2 Å². The highest BCUT2D eigenvalue weighted by Crippen LogP contribution is 2.21. The molecule has 0 radical (unpaired) electrons. The second-order valence-electron chi connectivity index (χ2n) is 7.58. The monoisotopic (exact) mass is 415 g/mol. The molecule has 3 rings (SSSR count). The molecule has 0 aromatic heterocycles. The Balaban J connectivity index is 1.77. The molecule has 1 saturated heterocycles. The molecule has 7 heteroatoms. The third kappa shape index (κ3) is 5.04. The summed E-state index contributed by atoms with van der Waals surface area (Å²) in [6, 6.07) is 14.3. The van der Waals surface area contributed by atoms with Gasteiger partial charge in [0.1, 0.15) is 0 Å². The highest BCUT2D eigenvalue weighted by molar-refractivity contribution is 7.89. The van der Waals surface area contributed by atoms with Gasteiger partial charge in [-0.25, -0.2) is 8.42 Å². The van der Waals surface area contributed by atoms with Crippen LogP contribution in [0.5, 0.6) is 0 Å². The Bertz CT molecular complexity index is 950. The number of nitrogens with one attached hydrogen (secondary N) is 1. The Morgan fingerprint density at radius 3 is 2.34 bits per heavy atom. The van der Waals surface area contributed by atoms with Crippen LogP contribution in [0.15, 0.2) is 53.4 Å². The summed E-state index contributed by atoms with van der Waals surface area (Å²) in [5.41, 5.74) is 2.55. The molecule has 1 N–H and O–H groups in total. The number of amides is 1. The average molecular weight is 416 g/mol. The van der Waals surface area contributed by atoms with E-state index in [1.807, 2.05) is 45.2 Å². The number of carbonyl (C=O) groups excluding carboxylic acids is 1. The van der Waals surface area contributed by atoms with Crippen molar-refractivity contribution in [3.05, 3.63) is 65.2 Å². The van der Waals surface area contributed by atoms with Gasteiger partial charge >= 0.3 is 0 Å². The van der Waals surface area contributed by atoms with Crippen molar-refractivity contribution in [2.75, 3.05) is 33.2 Å². The Hall–Kier alpha value is -2.22. The van der Waals surface area contributed by atoms with Gasteiger partial charge in [0, 0.05) is 31.7 Å². The molecular weight excluding hydrogens is 386 g/mol. The van der Waals surface area contributed by atoms with Crippen LogP contribution in [-0.2, 0) is 10.0 Å². The number of piperazine rings is 1. The van der Waals surface area contributed by atoms with Crippen LogP contribution in [0.4, 0.5) is 0 Å². The van der Waals surface area contributed by atoms with Gasteiger partial charge in [-0.1, -0.05) is 42.8 Å². The molecule has 1 heterocycles. The van der Waals surface area contributed by atoms with Crippen LogP contribution < -0.4 is 5.32 Å². The number of likely N-dealkylation sites (N-methyl/N-ethyl adjacent to an activating group) is 1. The summed E-state index contributed by atoms with van der Waals surface area (Å²) in [5.74, 6) is -0.271. The first-order valence-corrected chi connectivity index (χ1v) is 11.4. The van der Waals surface area contributed by atoms with Gasteiger partial charge in [-0.3, -0.25) is 4.79 Å². The van der Waals surface area contributed by atoms with Crippen molar-refractivity contribution < 1.29 is 13.2 Å². The van der Waals surface area contributed by atoms with E-state index >= 15 is 0 Å². The summed E-state index contributed by atoms with van der Waals surface area (Å²) in [5, 5.41) is 3.03. The Morgan fingerprint density at radius 1 is 1.07 bits per heavy atom. The maximum absolute atomic E-state index is 13.0. The van der Waals surface area contributed by atoms with Gasteiger partial charge in [0.2, 0.25) is 10.0 Å². The highest BCUT2D eigenvalue weighted by atomic mass is 32.2. The molecule has 0 aliphatic carbocycles. The minimum atomic E-state index is -3.61. The molecule has 0 bridgehead atoms. The van der Waals surface area contributed by atoms with Crippen molar-refractivity contribution in [3.8, 4) is 0 Å². The molecule has 1 atom stereocenters. The van der Waals surface area contributed by atoms with E-state index in [4.69, 9.17) is 0 Å². The fraction of sp³-hybridized carbons (Fsp3) is 0.409. The Morgan fingerprint density at radius 2 is 1.72 bits per heavy atom. The molecule has 1 aliphatic heterocycles. The van der Waals surface area contributed by atoms with Crippen LogP contribution >= 0.6 is 0 Å². The van der Waals surface area contributed by atoms with Crippen molar-refractivity contribution in [1.29, 1.82) is 0 Å². The Kier molecular flexibility index (Phi) is 6.72. The van der Waals surface area contributed by atoms with Crippen molar-refractivity contribution >= 4 is 15.9 Å². The third-order valence-corrected chi connectivity index (χ3v) is 7.28. The standard InChI is InChI=1S/C22H29N3O3S/c1-4-21(18-10-8-17(2)9-11-18)23-22(26)19-6-5-7-20(16-19)29(27,28)25-14-12-24(3)13-15-25/h5-11,16,21H,4,12-15H2,1-3H3,(H,23,26)/t21-/m1/s1. The number of aryl methyl sites for hydroxylation is 1. The van der Waals surface area contributed by atoms with E-state index < -0.39 is 10.0 Å². The summed E-state index contributed by atoms with van der Waals surface area (Å²) in [6.07, 6.45) is 0.744. The molecular formula is C22H29N3O3S. The van der Waals surface area contributed by atoms with E-state index in [0.29, 0.717) is 31.7 Å². The molecule has 2 aromatic rings. The fourth-order valence-electron chi connectivity index (χ4n) is 3.44. The van der Waals surface area contributed by atoms with E-state index in [0.717, 1.165) is 17.5 Å². The quantitative estimate of drug-likeness (QED) is 0.788. The SMILES string of the molecule is CC[C@@H](NC(=O)c1cccc(S(=O)(=O)N2CCN(C)CC2)c1)c1ccc(C)cc1. The van der Waals surface area contributed by atoms with E-state index in [-0.39, 0.29) is 16.8 Å². The summed E-state index contributed by atoms with van der Waals surface area (Å²) < 4.78 is 27.4. The second kappa shape index (κ2) is 9.07. The molecule has 0 unspecified atom stereocenters. The molecule has 156 valence electrons. The van der Waals surface area contributed by atoms with Crippen molar-refractivity contribution in [2.45, 2.75) is 31.2 Å². The van der Waals surface area contributed by atoms with Gasteiger partial charge in [0.25, 0.3) is 5.91 Å². The normalized spacial score (nSPS) is 17.1. The van der Waals surface area contributed by atoms with E-state index in [9.17, 15) is 13.2 Å². The van der Waals surface area contributed by atoms with Crippen LogP contribution in [0.1, 0.15) is 40.9 Å². The van der Waals surface area contributed by atoms with Crippen molar-refractivity contribution in [3.63, 3.8) is 0 Å². The van der Waals surface area contributed by atoms with Crippen LogP contribution in [0.25, 0.3) is 0 Å². The van der Waals surface area contributed by atoms with Gasteiger partial charge in [-0.05, 0) is 44.2 Å². The first-order chi connectivity index (χ1) is 13.8. The minimum absolute atomic E-state index is 0.124. The molecule has 1 aliphatic rings. The Labute approximate surface area is 173 Å². The highest BCUT2D eigenvalue weighted by Gasteiger charge is 2.28. The first-order valence-electron chi connectivity index (χ1n) is 9.97. The lowest BCUT2D eigenvalue weighted by atomic mass is 10.0. The molecule has 1 amide bonds. The summed E-state index contributed by atoms with van der Waals surface area (Å²) in [6.45, 7) is 6.36. The molecule has 2 aromatic carbocycles. The predicted octanol–water partition coefficient (Wildman–Crippen LogP) is 2.81. The number of sulfonamides is 1. The fourth-order valence-corrected chi connectivity index (χ4v) is 4.91. The number of nitrogens with zero attached hydrogens (tertiary/aromatic N) is 2. The zero-order valence-electron chi connectivity index (χ0n) is 17.3. The number of rotatable bonds is 6. The molecule has 0 spiro atoms. The molecule has 1 fully saturated rings. The molecule has 29 heavy (non-hydrogen) atoms. The summed E-state index contributed by atoms with van der Waals surface area (Å²) in [4.78, 5) is 15.1. The number of hydrogen-bond donors (Lipinski definition) is 1. The maximum atomic E-state index is 13.0. The predicted molar refractivity (Wildman–Crippen MR) is 114 cm³/mol. The zero-order chi connectivity index (χ0) is 21.0. The van der Waals surface area contributed by atoms with Crippen LogP contribution in [-0.4, -0.2) is 56.8 Å². The third-order valence-electron chi connectivity index (χ3n) is 5.39. The van der Waals surface area contributed by atoms with Gasteiger partial charge in [-0.15, -0.1) is 0 Å². The molecule has 0 saturated carbocycles. The first kappa shape index (κ1) is 21.5. The lowest BCUT2D eigenvalue weighted by Crippen LogP contribution is -2.47. The van der Waals surface area contributed by atoms with E-state index in [2.05, 4.69) is 10.2 Å². The summed E-state index contributed by atoms with van der Waals surface area (Å²) in [7, 11) is -1.63. The van der Waals surface area contributed by atoms with Crippen molar-refractivity contribution in [1.82, 2.24) is 14.5 Å². The molecule has 6 nitrogen and oxygen atoms in total. The zero-order valence-corrected chi connectivity index (χ0v) is 18.1. The van der Waals surface area contributed by atoms with Crippen LogP contribution in [0.2, 0.25) is 0 Å². The van der Waals surface area contributed by atoms with Crippen LogP contribution in [0.3, 0.4) is 0 Å². The number of hydrogen-bond acceptors (Lipinski definition) is 4. The van der Waals surface area contributed by atoms with Crippen LogP contribution in [0, 0.1) is 6.92 Å². The van der Waals surface area contributed by atoms with Gasteiger partial charge in [-0.2, -0.15) is 4.31 Å². The second-order valence-corrected chi connectivity index (χ2v) is 9.52. The minimum Gasteiger partial charge on any atom is -0.345 e. The number of carbonyl (C=O) groups is 1. The lowest BCUT2D eigenvalue weighted by molar-refractivity contribution is 0.0935. The van der Waals surface area contributed by atoms with Gasteiger partial charge in [0.05, 0.1) is 10.9 Å². The smallest absolute Gasteiger partial charge is 0.251 e. The maximum Gasteiger partial charge on any atom is 0.251 e. The topological polar surface area (TPSA) is 69.7 Å².